The first-order valence-electron chi connectivity index (χ1n) is 8.43. The summed E-state index contributed by atoms with van der Waals surface area (Å²) in [6.07, 6.45) is 4.73. The fourth-order valence-electron chi connectivity index (χ4n) is 4.22. The van der Waals surface area contributed by atoms with Crippen molar-refractivity contribution in [2.75, 3.05) is 5.32 Å². The third-order valence-corrected chi connectivity index (χ3v) is 5.37. The molecule has 3 atom stereocenters. The van der Waals surface area contributed by atoms with Gasteiger partial charge in [-0.25, -0.2) is 0 Å². The second kappa shape index (κ2) is 5.94. The number of allylic oxidation sites excluding steroid dienone is 2. The molecule has 0 saturated heterocycles. The zero-order valence-electron chi connectivity index (χ0n) is 14.1. The molecule has 3 unspecified atom stereocenters. The van der Waals surface area contributed by atoms with E-state index in [1.807, 2.05) is 19.1 Å². The fourth-order valence-corrected chi connectivity index (χ4v) is 4.22. The quantitative estimate of drug-likeness (QED) is 0.493. The average molecular weight is 351 g/mol. The van der Waals surface area contributed by atoms with E-state index in [1.165, 1.54) is 6.07 Å². The Balaban J connectivity index is 1.90. The fraction of sp³-hybridized carbons (Fsp3) is 0.263. The minimum absolute atomic E-state index is 0.00380. The van der Waals surface area contributed by atoms with Crippen LogP contribution in [-0.4, -0.2) is 9.85 Å². The Morgan fingerprint density at radius 3 is 2.50 bits per heavy atom. The van der Waals surface area contributed by atoms with E-state index >= 15 is 0 Å². The van der Waals surface area contributed by atoms with E-state index < -0.39 is 0 Å². The number of nitrogens with zero attached hydrogens (tertiary/aromatic N) is 2. The average Bonchev–Trinajstić information content (AvgIpc) is 3.11. The number of fused-ring (bicyclic) bond motifs is 3. The molecule has 26 heavy (non-hydrogen) atoms. The Morgan fingerprint density at radius 2 is 1.77 bits per heavy atom. The Kier molecular flexibility index (Phi) is 3.72. The van der Waals surface area contributed by atoms with Gasteiger partial charge in [-0.2, -0.15) is 0 Å². The van der Waals surface area contributed by atoms with Gasteiger partial charge >= 0.3 is 0 Å². The predicted molar refractivity (Wildman–Crippen MR) is 97.3 cm³/mol. The Bertz CT molecular complexity index is 954. The number of aryl methyl sites for hydroxylation is 1. The van der Waals surface area contributed by atoms with Crippen LogP contribution < -0.4 is 5.32 Å². The van der Waals surface area contributed by atoms with Gasteiger partial charge in [0.25, 0.3) is 11.4 Å². The SMILES string of the molecule is Cc1ccc([N+](=O)[O-])c2c1NC(c1ccccc1[N+](=O)[O-])C1CC=CC21. The summed E-state index contributed by atoms with van der Waals surface area (Å²) in [6, 6.07) is 9.71. The molecule has 4 rings (SSSR count). The summed E-state index contributed by atoms with van der Waals surface area (Å²) in [7, 11) is 0. The molecule has 1 N–H and O–H groups in total. The summed E-state index contributed by atoms with van der Waals surface area (Å²) in [5.74, 6) is -0.125. The first-order chi connectivity index (χ1) is 12.5. The van der Waals surface area contributed by atoms with Crippen molar-refractivity contribution >= 4 is 17.1 Å². The summed E-state index contributed by atoms with van der Waals surface area (Å²) in [4.78, 5) is 22.3. The van der Waals surface area contributed by atoms with Gasteiger partial charge in [0.1, 0.15) is 0 Å². The maximum Gasteiger partial charge on any atom is 0.275 e. The minimum atomic E-state index is -0.371. The molecule has 2 aromatic carbocycles. The van der Waals surface area contributed by atoms with Gasteiger partial charge in [0.05, 0.1) is 27.0 Å². The van der Waals surface area contributed by atoms with Crippen LogP contribution in [0.3, 0.4) is 0 Å². The molecule has 2 aromatic rings. The topological polar surface area (TPSA) is 98.3 Å². The zero-order valence-corrected chi connectivity index (χ0v) is 14.1. The van der Waals surface area contributed by atoms with Gasteiger partial charge < -0.3 is 5.32 Å². The second-order valence-corrected chi connectivity index (χ2v) is 6.74. The maximum atomic E-state index is 11.5. The first kappa shape index (κ1) is 16.3. The van der Waals surface area contributed by atoms with Crippen molar-refractivity contribution in [3.8, 4) is 0 Å². The van der Waals surface area contributed by atoms with E-state index in [0.717, 1.165) is 17.7 Å². The smallest absolute Gasteiger partial charge is 0.275 e. The summed E-state index contributed by atoms with van der Waals surface area (Å²) in [5.41, 5.74) is 3.09. The van der Waals surface area contributed by atoms with Gasteiger partial charge in [0, 0.05) is 23.7 Å². The van der Waals surface area contributed by atoms with Gasteiger partial charge in [-0.1, -0.05) is 36.4 Å². The Labute approximate surface area is 149 Å². The number of anilines is 1. The molecular formula is C19H17N3O4. The second-order valence-electron chi connectivity index (χ2n) is 6.74. The van der Waals surface area contributed by atoms with Crippen molar-refractivity contribution < 1.29 is 9.85 Å². The number of rotatable bonds is 3. The van der Waals surface area contributed by atoms with Crippen LogP contribution in [0.2, 0.25) is 0 Å². The van der Waals surface area contributed by atoms with Crippen LogP contribution in [-0.2, 0) is 0 Å². The molecule has 0 saturated carbocycles. The molecule has 0 bridgehead atoms. The van der Waals surface area contributed by atoms with Crippen LogP contribution in [0.5, 0.6) is 0 Å². The van der Waals surface area contributed by atoms with Crippen LogP contribution in [0.15, 0.2) is 48.6 Å². The summed E-state index contributed by atoms with van der Waals surface area (Å²) in [5, 5.41) is 26.4. The van der Waals surface area contributed by atoms with Gasteiger partial charge in [-0.3, -0.25) is 20.2 Å². The monoisotopic (exact) mass is 351 g/mol. The number of benzene rings is 2. The van der Waals surface area contributed by atoms with Crippen molar-refractivity contribution in [2.45, 2.75) is 25.3 Å². The van der Waals surface area contributed by atoms with Crippen LogP contribution in [0.25, 0.3) is 0 Å². The van der Waals surface area contributed by atoms with E-state index in [2.05, 4.69) is 5.32 Å². The third kappa shape index (κ3) is 2.35. The zero-order chi connectivity index (χ0) is 18.4. The van der Waals surface area contributed by atoms with Crippen molar-refractivity contribution in [1.82, 2.24) is 0 Å². The van der Waals surface area contributed by atoms with Gasteiger partial charge in [-0.05, 0) is 24.8 Å². The lowest BCUT2D eigenvalue weighted by atomic mass is 9.75. The standard InChI is InChI=1S/C19H17N3O4/c1-11-9-10-16(22(25)26)17-12-6-4-7-13(12)19(20-18(11)17)14-5-2-3-8-15(14)21(23)24/h2-6,8-10,12-13,19-20H,7H2,1H3. The van der Waals surface area contributed by atoms with E-state index in [-0.39, 0.29) is 39.1 Å². The summed E-state index contributed by atoms with van der Waals surface area (Å²) in [6.45, 7) is 1.89. The number of nitro benzene ring substituents is 2. The number of hydrogen-bond donors (Lipinski definition) is 1. The summed E-state index contributed by atoms with van der Waals surface area (Å²) < 4.78 is 0. The number of nitrogens with one attached hydrogen (secondary N) is 1. The molecule has 1 aliphatic heterocycles. The molecule has 1 aliphatic carbocycles. The van der Waals surface area contributed by atoms with Crippen molar-refractivity contribution in [1.29, 1.82) is 0 Å². The van der Waals surface area contributed by atoms with Crippen molar-refractivity contribution in [2.24, 2.45) is 5.92 Å². The van der Waals surface area contributed by atoms with E-state index in [9.17, 15) is 20.2 Å². The normalized spacial score (nSPS) is 23.0. The lowest BCUT2D eigenvalue weighted by Gasteiger charge is -2.37. The minimum Gasteiger partial charge on any atom is -0.377 e. The highest BCUT2D eigenvalue weighted by atomic mass is 16.6. The largest absolute Gasteiger partial charge is 0.377 e. The molecule has 0 amide bonds. The molecule has 0 fully saturated rings. The van der Waals surface area contributed by atoms with E-state index in [4.69, 9.17) is 0 Å². The number of para-hydroxylation sites is 1. The van der Waals surface area contributed by atoms with Crippen molar-refractivity contribution in [3.05, 3.63) is 85.5 Å². The number of nitro groups is 2. The molecule has 132 valence electrons. The third-order valence-electron chi connectivity index (χ3n) is 5.37. The van der Waals surface area contributed by atoms with Crippen LogP contribution in [0, 0.1) is 33.1 Å². The first-order valence-corrected chi connectivity index (χ1v) is 8.43. The van der Waals surface area contributed by atoms with Crippen LogP contribution in [0.4, 0.5) is 17.1 Å². The van der Waals surface area contributed by atoms with E-state index in [1.54, 1.807) is 30.3 Å². The van der Waals surface area contributed by atoms with Crippen LogP contribution in [0.1, 0.15) is 35.1 Å². The molecule has 0 radical (unpaired) electrons. The van der Waals surface area contributed by atoms with E-state index in [0.29, 0.717) is 11.1 Å². The molecule has 2 aliphatic rings. The Hall–Kier alpha value is -3.22. The van der Waals surface area contributed by atoms with Gasteiger partial charge in [0.2, 0.25) is 0 Å². The van der Waals surface area contributed by atoms with Crippen molar-refractivity contribution in [3.63, 3.8) is 0 Å². The lowest BCUT2D eigenvalue weighted by molar-refractivity contribution is -0.386. The summed E-state index contributed by atoms with van der Waals surface area (Å²) >= 11 is 0. The molecule has 0 aromatic heterocycles. The lowest BCUT2D eigenvalue weighted by Crippen LogP contribution is -2.30. The molecule has 0 spiro atoms. The highest BCUT2D eigenvalue weighted by molar-refractivity contribution is 5.71. The molecule has 7 nitrogen and oxygen atoms in total. The van der Waals surface area contributed by atoms with Gasteiger partial charge in [-0.15, -0.1) is 0 Å². The molecule has 1 heterocycles. The van der Waals surface area contributed by atoms with Gasteiger partial charge in [0.15, 0.2) is 0 Å². The highest BCUT2D eigenvalue weighted by Gasteiger charge is 2.43. The predicted octanol–water partition coefficient (Wildman–Crippen LogP) is 4.64. The van der Waals surface area contributed by atoms with Crippen LogP contribution >= 0.6 is 0 Å². The maximum absolute atomic E-state index is 11.5. The number of hydrogen-bond acceptors (Lipinski definition) is 5. The Morgan fingerprint density at radius 1 is 1.04 bits per heavy atom. The molecule has 7 heteroatoms. The highest BCUT2D eigenvalue weighted by Crippen LogP contribution is 2.54. The molecular weight excluding hydrogens is 334 g/mol.